The molecule has 0 amide bonds. The summed E-state index contributed by atoms with van der Waals surface area (Å²) < 4.78 is 12.7. The van der Waals surface area contributed by atoms with Gasteiger partial charge in [-0.25, -0.2) is 4.98 Å². The minimum Gasteiger partial charge on any atom is -0.481 e. The predicted molar refractivity (Wildman–Crippen MR) is 128 cm³/mol. The lowest BCUT2D eigenvalue weighted by atomic mass is 10.2. The Morgan fingerprint density at radius 3 is 2.62 bits per heavy atom. The number of methoxy groups -OCH3 is 1. The van der Waals surface area contributed by atoms with E-state index in [9.17, 15) is 0 Å². The van der Waals surface area contributed by atoms with Gasteiger partial charge in [0.05, 0.1) is 22.8 Å². The summed E-state index contributed by atoms with van der Waals surface area (Å²) in [7, 11) is 1.54. The number of hydrogen-bond acceptors (Lipinski definition) is 8. The van der Waals surface area contributed by atoms with Crippen molar-refractivity contribution in [2.45, 2.75) is 0 Å². The van der Waals surface area contributed by atoms with E-state index in [1.165, 1.54) is 7.11 Å². The minimum atomic E-state index is 0.283. The molecule has 34 heavy (non-hydrogen) atoms. The van der Waals surface area contributed by atoms with Crippen molar-refractivity contribution < 1.29 is 9.15 Å². The smallest absolute Gasteiger partial charge is 0.248 e. The van der Waals surface area contributed by atoms with Crippen LogP contribution in [0.15, 0.2) is 65.3 Å². The molecule has 1 aromatic carbocycles. The summed E-state index contributed by atoms with van der Waals surface area (Å²) in [5.74, 6) is 2.05. The van der Waals surface area contributed by atoms with Crippen LogP contribution in [0.4, 0.5) is 0 Å². The Bertz CT molecular complexity index is 1480. The van der Waals surface area contributed by atoms with E-state index in [2.05, 4.69) is 30.4 Å². The van der Waals surface area contributed by atoms with Crippen molar-refractivity contribution in [1.29, 1.82) is 0 Å². The van der Waals surface area contributed by atoms with Gasteiger partial charge in [0, 0.05) is 30.1 Å². The van der Waals surface area contributed by atoms with Gasteiger partial charge in [-0.3, -0.25) is 9.55 Å². The van der Waals surface area contributed by atoms with Gasteiger partial charge in [0.25, 0.3) is 0 Å². The van der Waals surface area contributed by atoms with Crippen LogP contribution in [0.1, 0.15) is 11.7 Å². The molecular formula is C23H15Cl2N7O2. The number of para-hydroxylation sites is 1. The highest BCUT2D eigenvalue weighted by molar-refractivity contribution is 6.32. The molecule has 0 radical (unpaired) electrons. The minimum absolute atomic E-state index is 0.283. The second-order valence-electron chi connectivity index (χ2n) is 6.90. The van der Waals surface area contributed by atoms with Gasteiger partial charge in [-0.15, -0.1) is 20.4 Å². The number of ether oxygens (including phenoxy) is 1. The molecule has 4 heterocycles. The van der Waals surface area contributed by atoms with Crippen molar-refractivity contribution in [3.63, 3.8) is 0 Å². The Hall–Kier alpha value is -4.08. The second kappa shape index (κ2) is 9.42. The van der Waals surface area contributed by atoms with Gasteiger partial charge in [-0.1, -0.05) is 35.3 Å². The summed E-state index contributed by atoms with van der Waals surface area (Å²) in [5.41, 5.74) is 1.97. The van der Waals surface area contributed by atoms with Crippen molar-refractivity contribution >= 4 is 35.4 Å². The first kappa shape index (κ1) is 21.7. The normalized spacial score (nSPS) is 11.3. The standard InChI is InChI=1S/C23H15Cl2N7O2/c1-33-21-12-14(10-11-26-21)23-31-29-20(34-23)9-8-19-28-30-22(17-7-6-15(24)13-27-17)32(19)18-5-3-2-4-16(18)25/h2-13H,1H3. The Morgan fingerprint density at radius 1 is 0.941 bits per heavy atom. The fourth-order valence-electron chi connectivity index (χ4n) is 3.17. The van der Waals surface area contributed by atoms with Crippen LogP contribution in [-0.2, 0) is 0 Å². The van der Waals surface area contributed by atoms with Crippen LogP contribution in [-0.4, -0.2) is 42.0 Å². The highest BCUT2D eigenvalue weighted by atomic mass is 35.5. The van der Waals surface area contributed by atoms with Crippen LogP contribution < -0.4 is 4.74 Å². The molecule has 0 aliphatic carbocycles. The summed E-state index contributed by atoms with van der Waals surface area (Å²) >= 11 is 12.5. The lowest BCUT2D eigenvalue weighted by molar-refractivity contribution is 0.398. The van der Waals surface area contributed by atoms with Crippen LogP contribution in [0, 0.1) is 0 Å². The zero-order chi connectivity index (χ0) is 23.5. The van der Waals surface area contributed by atoms with Crippen LogP contribution in [0.5, 0.6) is 5.88 Å². The number of rotatable bonds is 6. The number of benzene rings is 1. The highest BCUT2D eigenvalue weighted by Crippen LogP contribution is 2.28. The molecule has 9 nitrogen and oxygen atoms in total. The van der Waals surface area contributed by atoms with Crippen molar-refractivity contribution in [2.24, 2.45) is 0 Å². The van der Waals surface area contributed by atoms with Gasteiger partial charge in [-0.2, -0.15) is 0 Å². The van der Waals surface area contributed by atoms with Gasteiger partial charge >= 0.3 is 0 Å². The molecule has 5 rings (SSSR count). The molecule has 11 heteroatoms. The quantitative estimate of drug-likeness (QED) is 0.316. The second-order valence-corrected chi connectivity index (χ2v) is 7.74. The van der Waals surface area contributed by atoms with E-state index in [0.29, 0.717) is 50.4 Å². The predicted octanol–water partition coefficient (Wildman–Crippen LogP) is 5.26. The van der Waals surface area contributed by atoms with E-state index in [1.807, 2.05) is 18.2 Å². The fourth-order valence-corrected chi connectivity index (χ4v) is 3.50. The first-order chi connectivity index (χ1) is 16.6. The Morgan fingerprint density at radius 2 is 1.82 bits per heavy atom. The van der Waals surface area contributed by atoms with E-state index < -0.39 is 0 Å². The molecule has 0 bridgehead atoms. The zero-order valence-electron chi connectivity index (χ0n) is 17.6. The molecule has 5 aromatic rings. The van der Waals surface area contributed by atoms with Crippen LogP contribution in [0.3, 0.4) is 0 Å². The van der Waals surface area contributed by atoms with E-state index in [1.54, 1.807) is 59.4 Å². The average Bonchev–Trinajstić information content (AvgIpc) is 3.51. The van der Waals surface area contributed by atoms with Crippen molar-refractivity contribution in [3.8, 4) is 34.5 Å². The number of aromatic nitrogens is 7. The van der Waals surface area contributed by atoms with Crippen LogP contribution in [0.25, 0.3) is 40.8 Å². The Labute approximate surface area is 203 Å². The number of pyridine rings is 2. The van der Waals surface area contributed by atoms with Gasteiger partial charge in [0.15, 0.2) is 11.6 Å². The average molecular weight is 492 g/mol. The van der Waals surface area contributed by atoms with Gasteiger partial charge in [-0.05, 0) is 36.4 Å². The van der Waals surface area contributed by atoms with Crippen molar-refractivity contribution in [3.05, 3.63) is 82.7 Å². The monoisotopic (exact) mass is 491 g/mol. The summed E-state index contributed by atoms with van der Waals surface area (Å²) in [6.07, 6.45) is 6.50. The Balaban J connectivity index is 1.53. The van der Waals surface area contributed by atoms with E-state index in [4.69, 9.17) is 32.4 Å². The van der Waals surface area contributed by atoms with Crippen molar-refractivity contribution in [2.75, 3.05) is 7.11 Å². The summed E-state index contributed by atoms with van der Waals surface area (Å²) in [6.45, 7) is 0. The van der Waals surface area contributed by atoms with Crippen LogP contribution in [0.2, 0.25) is 10.0 Å². The molecule has 0 N–H and O–H groups in total. The lowest BCUT2D eigenvalue weighted by Gasteiger charge is -2.10. The van der Waals surface area contributed by atoms with Crippen molar-refractivity contribution in [1.82, 2.24) is 34.9 Å². The van der Waals surface area contributed by atoms with E-state index in [-0.39, 0.29) is 5.89 Å². The molecule has 0 aliphatic rings. The SMILES string of the molecule is COc1cc(-c2nnc(C=Cc3nnc(-c4ccc(Cl)cn4)n3-c3ccccc3Cl)o2)ccn1. The zero-order valence-corrected chi connectivity index (χ0v) is 19.1. The molecular weight excluding hydrogens is 477 g/mol. The molecule has 0 spiro atoms. The first-order valence-electron chi connectivity index (χ1n) is 9.96. The summed E-state index contributed by atoms with van der Waals surface area (Å²) in [6, 6.07) is 14.3. The molecule has 0 atom stereocenters. The molecule has 0 unspecified atom stereocenters. The molecule has 4 aromatic heterocycles. The molecule has 0 fully saturated rings. The maximum Gasteiger partial charge on any atom is 0.248 e. The molecule has 0 saturated carbocycles. The van der Waals surface area contributed by atoms with Crippen LogP contribution >= 0.6 is 23.2 Å². The third kappa shape index (κ3) is 4.39. The summed E-state index contributed by atoms with van der Waals surface area (Å²) in [4.78, 5) is 8.44. The third-order valence-electron chi connectivity index (χ3n) is 4.74. The number of halogens is 2. The number of nitrogens with zero attached hydrogens (tertiary/aromatic N) is 7. The van der Waals surface area contributed by atoms with E-state index >= 15 is 0 Å². The lowest BCUT2D eigenvalue weighted by Crippen LogP contribution is -2.01. The molecule has 0 saturated heterocycles. The Kier molecular flexibility index (Phi) is 6.03. The maximum absolute atomic E-state index is 6.49. The fraction of sp³-hybridized carbons (Fsp3) is 0.0435. The number of hydrogen-bond donors (Lipinski definition) is 0. The maximum atomic E-state index is 6.49. The topological polar surface area (TPSA) is 105 Å². The molecule has 0 aliphatic heterocycles. The summed E-state index contributed by atoms with van der Waals surface area (Å²) in [5, 5.41) is 17.9. The largest absolute Gasteiger partial charge is 0.481 e. The third-order valence-corrected chi connectivity index (χ3v) is 5.29. The molecule has 168 valence electrons. The first-order valence-corrected chi connectivity index (χ1v) is 10.7. The van der Waals surface area contributed by atoms with Gasteiger partial charge < -0.3 is 9.15 Å². The van der Waals surface area contributed by atoms with E-state index in [0.717, 1.165) is 0 Å². The van der Waals surface area contributed by atoms with Gasteiger partial charge in [0.1, 0.15) is 5.69 Å². The highest BCUT2D eigenvalue weighted by Gasteiger charge is 2.17. The van der Waals surface area contributed by atoms with Gasteiger partial charge in [0.2, 0.25) is 17.7 Å².